The van der Waals surface area contributed by atoms with Gasteiger partial charge in [-0.15, -0.1) is 0 Å². The number of aryl methyl sites for hydroxylation is 1. The number of ketones is 1. The maximum Gasteiger partial charge on any atom is 0.412 e. The minimum atomic E-state index is -0.616. The topological polar surface area (TPSA) is 55.4 Å². The van der Waals surface area contributed by atoms with E-state index in [1.54, 1.807) is 39.0 Å². The number of rotatable bonds is 3. The highest BCUT2D eigenvalue weighted by Gasteiger charge is 2.19. The third-order valence-electron chi connectivity index (χ3n) is 3.25. The molecule has 2 aromatic carbocycles. The van der Waals surface area contributed by atoms with E-state index in [-0.39, 0.29) is 10.8 Å². The molecule has 2 aromatic rings. The van der Waals surface area contributed by atoms with E-state index in [0.29, 0.717) is 21.3 Å². The number of ether oxygens (including phenoxy) is 1. The summed E-state index contributed by atoms with van der Waals surface area (Å²) >= 11 is 9.60. The Morgan fingerprint density at radius 3 is 2.28 bits per heavy atom. The summed E-state index contributed by atoms with van der Waals surface area (Å²) in [6.07, 6.45) is -0.612. The van der Waals surface area contributed by atoms with Crippen LogP contribution in [0.4, 0.5) is 10.5 Å². The molecular formula is C19H19BrClNO3. The Morgan fingerprint density at radius 2 is 1.72 bits per heavy atom. The zero-order chi connectivity index (χ0) is 18.8. The van der Waals surface area contributed by atoms with Gasteiger partial charge >= 0.3 is 6.09 Å². The number of carbonyl (C=O) groups excluding carboxylic acids is 2. The van der Waals surface area contributed by atoms with Crippen LogP contribution in [0.5, 0.6) is 0 Å². The molecule has 0 spiro atoms. The molecule has 0 bridgehead atoms. The highest BCUT2D eigenvalue weighted by Crippen LogP contribution is 2.31. The van der Waals surface area contributed by atoms with E-state index in [4.69, 9.17) is 16.3 Å². The molecule has 0 aliphatic rings. The minimum absolute atomic E-state index is 0.155. The van der Waals surface area contributed by atoms with Gasteiger partial charge in [-0.25, -0.2) is 4.79 Å². The van der Waals surface area contributed by atoms with Crippen molar-refractivity contribution in [2.75, 3.05) is 5.32 Å². The van der Waals surface area contributed by atoms with Crippen molar-refractivity contribution in [3.8, 4) is 0 Å². The lowest BCUT2D eigenvalue weighted by atomic mass is 10.0. The zero-order valence-corrected chi connectivity index (χ0v) is 16.8. The summed E-state index contributed by atoms with van der Waals surface area (Å²) in [5.74, 6) is -0.155. The van der Waals surface area contributed by atoms with Crippen LogP contribution < -0.4 is 5.32 Å². The second kappa shape index (κ2) is 7.58. The van der Waals surface area contributed by atoms with Crippen molar-refractivity contribution < 1.29 is 14.3 Å². The van der Waals surface area contributed by atoms with E-state index in [2.05, 4.69) is 21.2 Å². The third kappa shape index (κ3) is 5.31. The number of benzene rings is 2. The lowest BCUT2D eigenvalue weighted by molar-refractivity contribution is 0.0636. The van der Waals surface area contributed by atoms with E-state index in [1.807, 2.05) is 19.1 Å². The van der Waals surface area contributed by atoms with E-state index in [9.17, 15) is 9.59 Å². The highest BCUT2D eigenvalue weighted by atomic mass is 79.9. The van der Waals surface area contributed by atoms with E-state index < -0.39 is 11.7 Å². The van der Waals surface area contributed by atoms with Gasteiger partial charge in [-0.3, -0.25) is 10.1 Å². The average molecular weight is 425 g/mol. The molecule has 0 aliphatic heterocycles. The van der Waals surface area contributed by atoms with Gasteiger partial charge in [0.05, 0.1) is 10.7 Å². The number of anilines is 1. The predicted molar refractivity (Wildman–Crippen MR) is 104 cm³/mol. The van der Waals surface area contributed by atoms with Crippen LogP contribution in [0.15, 0.2) is 40.9 Å². The van der Waals surface area contributed by atoms with Crippen LogP contribution in [0.3, 0.4) is 0 Å². The van der Waals surface area contributed by atoms with Crippen LogP contribution in [-0.4, -0.2) is 17.5 Å². The zero-order valence-electron chi connectivity index (χ0n) is 14.4. The average Bonchev–Trinajstić information content (AvgIpc) is 2.49. The quantitative estimate of drug-likeness (QED) is 0.616. The van der Waals surface area contributed by atoms with Gasteiger partial charge in [0.1, 0.15) is 5.60 Å². The normalized spacial score (nSPS) is 11.1. The van der Waals surface area contributed by atoms with Gasteiger partial charge in [0, 0.05) is 15.6 Å². The molecule has 0 fully saturated rings. The molecule has 0 saturated carbocycles. The Balaban J connectivity index is 2.26. The monoisotopic (exact) mass is 423 g/mol. The number of nitrogens with one attached hydrogen (secondary N) is 1. The molecule has 0 unspecified atom stereocenters. The molecule has 0 aliphatic carbocycles. The van der Waals surface area contributed by atoms with Gasteiger partial charge in [-0.2, -0.15) is 0 Å². The molecule has 25 heavy (non-hydrogen) atoms. The minimum Gasteiger partial charge on any atom is -0.444 e. The van der Waals surface area contributed by atoms with Crippen molar-refractivity contribution >= 4 is 45.1 Å². The van der Waals surface area contributed by atoms with Gasteiger partial charge in [0.15, 0.2) is 5.78 Å². The Bertz CT molecular complexity index is 811. The second-order valence-electron chi connectivity index (χ2n) is 6.63. The summed E-state index contributed by atoms with van der Waals surface area (Å²) in [6.45, 7) is 7.27. The standard InChI is InChI=1S/C19H19BrClNO3/c1-11-5-7-12(8-6-11)17(23)13-9-15(21)16(10-14(13)20)22-18(24)25-19(2,3)4/h5-10H,1-4H3,(H,22,24). The first-order valence-corrected chi connectivity index (χ1v) is 8.84. The molecule has 6 heteroatoms. The van der Waals surface area contributed by atoms with Crippen LogP contribution in [0.2, 0.25) is 5.02 Å². The van der Waals surface area contributed by atoms with Crippen LogP contribution in [0.25, 0.3) is 0 Å². The Kier molecular flexibility index (Phi) is 5.91. The van der Waals surface area contributed by atoms with Crippen molar-refractivity contribution in [2.45, 2.75) is 33.3 Å². The van der Waals surface area contributed by atoms with Gasteiger partial charge < -0.3 is 4.74 Å². The van der Waals surface area contributed by atoms with Crippen molar-refractivity contribution in [3.63, 3.8) is 0 Å². The Morgan fingerprint density at radius 1 is 1.12 bits per heavy atom. The molecule has 132 valence electrons. The molecule has 0 radical (unpaired) electrons. The lowest BCUT2D eigenvalue weighted by Gasteiger charge is -2.20. The Hall–Kier alpha value is -1.85. The van der Waals surface area contributed by atoms with Crippen molar-refractivity contribution in [1.82, 2.24) is 0 Å². The first-order valence-electron chi connectivity index (χ1n) is 7.67. The number of amides is 1. The summed E-state index contributed by atoms with van der Waals surface area (Å²) in [5.41, 5.74) is 1.81. The van der Waals surface area contributed by atoms with Crippen LogP contribution >= 0.6 is 27.5 Å². The van der Waals surface area contributed by atoms with Gasteiger partial charge in [0.2, 0.25) is 0 Å². The molecule has 0 atom stereocenters. The summed E-state index contributed by atoms with van der Waals surface area (Å²) in [5, 5.41) is 2.84. The molecule has 0 saturated heterocycles. The molecule has 0 heterocycles. The predicted octanol–water partition coefficient (Wildman–Crippen LogP) is 5.99. The number of hydrogen-bond donors (Lipinski definition) is 1. The SMILES string of the molecule is Cc1ccc(C(=O)c2cc(Cl)c(NC(=O)OC(C)(C)C)cc2Br)cc1. The third-order valence-corrected chi connectivity index (χ3v) is 4.22. The summed E-state index contributed by atoms with van der Waals surface area (Å²) in [6, 6.07) is 10.4. The second-order valence-corrected chi connectivity index (χ2v) is 7.90. The molecule has 0 aromatic heterocycles. The van der Waals surface area contributed by atoms with Crippen LogP contribution in [0, 0.1) is 6.92 Å². The summed E-state index contributed by atoms with van der Waals surface area (Å²) in [4.78, 5) is 24.5. The fourth-order valence-electron chi connectivity index (χ4n) is 2.09. The first-order chi connectivity index (χ1) is 11.6. The number of hydrogen-bond acceptors (Lipinski definition) is 3. The fraction of sp³-hybridized carbons (Fsp3) is 0.263. The van der Waals surface area contributed by atoms with Gasteiger partial charge in [0.25, 0.3) is 0 Å². The smallest absolute Gasteiger partial charge is 0.412 e. The maximum absolute atomic E-state index is 12.7. The van der Waals surface area contributed by atoms with Crippen molar-refractivity contribution in [3.05, 3.63) is 62.6 Å². The highest BCUT2D eigenvalue weighted by molar-refractivity contribution is 9.10. The van der Waals surface area contributed by atoms with E-state index in [1.165, 1.54) is 6.07 Å². The molecule has 2 rings (SSSR count). The summed E-state index contributed by atoms with van der Waals surface area (Å²) in [7, 11) is 0. The summed E-state index contributed by atoms with van der Waals surface area (Å²) < 4.78 is 5.74. The molecular weight excluding hydrogens is 406 g/mol. The molecule has 1 N–H and O–H groups in total. The van der Waals surface area contributed by atoms with Crippen LogP contribution in [-0.2, 0) is 4.74 Å². The lowest BCUT2D eigenvalue weighted by Crippen LogP contribution is -2.27. The van der Waals surface area contributed by atoms with E-state index in [0.717, 1.165) is 5.56 Å². The maximum atomic E-state index is 12.7. The van der Waals surface area contributed by atoms with Crippen molar-refractivity contribution in [1.29, 1.82) is 0 Å². The number of carbonyl (C=O) groups is 2. The number of halogens is 2. The van der Waals surface area contributed by atoms with Crippen LogP contribution in [0.1, 0.15) is 42.3 Å². The van der Waals surface area contributed by atoms with Crippen molar-refractivity contribution in [2.24, 2.45) is 0 Å². The molecule has 4 nitrogen and oxygen atoms in total. The fourth-order valence-corrected chi connectivity index (χ4v) is 2.82. The van der Waals surface area contributed by atoms with Gasteiger partial charge in [-0.1, -0.05) is 41.4 Å². The largest absolute Gasteiger partial charge is 0.444 e. The Labute approximate surface area is 160 Å². The van der Waals surface area contributed by atoms with E-state index >= 15 is 0 Å². The first kappa shape index (κ1) is 19.5. The van der Waals surface area contributed by atoms with Gasteiger partial charge in [-0.05, 0) is 55.8 Å². The molecule has 1 amide bonds.